The molecule has 2 N–H and O–H groups in total. The maximum atomic E-state index is 6.01. The molecule has 8 heteroatoms. The number of likely N-dealkylation sites (N-methyl/N-ethyl adjacent to an activating group) is 1. The van der Waals surface area contributed by atoms with Gasteiger partial charge < -0.3 is 25.0 Å². The Balaban J connectivity index is 0.00000280. The zero-order valence-electron chi connectivity index (χ0n) is 16.2. The van der Waals surface area contributed by atoms with E-state index in [0.29, 0.717) is 6.54 Å². The van der Waals surface area contributed by atoms with Crippen LogP contribution in [0.2, 0.25) is 5.02 Å². The molecule has 0 aliphatic carbocycles. The predicted molar refractivity (Wildman–Crippen MR) is 124 cm³/mol. The number of fused-ring (bicyclic) bond motifs is 1. The Kier molecular flexibility index (Phi) is 8.65. The van der Waals surface area contributed by atoms with E-state index >= 15 is 0 Å². The molecule has 0 saturated carbocycles. The lowest BCUT2D eigenvalue weighted by molar-refractivity contribution is 0.174. The summed E-state index contributed by atoms with van der Waals surface area (Å²) in [6.07, 6.45) is 0. The molecule has 0 aromatic heterocycles. The molecule has 1 atom stereocenters. The van der Waals surface area contributed by atoms with Crippen molar-refractivity contribution in [1.29, 1.82) is 0 Å². The quantitative estimate of drug-likeness (QED) is 0.349. The van der Waals surface area contributed by atoms with Crippen LogP contribution in [0.25, 0.3) is 0 Å². The molecule has 0 fully saturated rings. The first kappa shape index (κ1) is 22.6. The first-order chi connectivity index (χ1) is 13.1. The van der Waals surface area contributed by atoms with Crippen molar-refractivity contribution in [2.45, 2.75) is 12.6 Å². The van der Waals surface area contributed by atoms with Crippen molar-refractivity contribution < 1.29 is 9.47 Å². The Morgan fingerprint density at radius 1 is 1.11 bits per heavy atom. The van der Waals surface area contributed by atoms with Crippen LogP contribution in [-0.4, -0.2) is 45.3 Å². The summed E-state index contributed by atoms with van der Waals surface area (Å²) in [5.41, 5.74) is 2.30. The van der Waals surface area contributed by atoms with Crippen molar-refractivity contribution in [3.63, 3.8) is 0 Å². The Morgan fingerprint density at radius 2 is 1.82 bits per heavy atom. The summed E-state index contributed by atoms with van der Waals surface area (Å²) in [5, 5.41) is 7.47. The van der Waals surface area contributed by atoms with E-state index in [1.54, 1.807) is 7.05 Å². The molecule has 3 rings (SSSR count). The molecule has 0 radical (unpaired) electrons. The van der Waals surface area contributed by atoms with E-state index in [4.69, 9.17) is 21.1 Å². The van der Waals surface area contributed by atoms with Crippen LogP contribution in [0.5, 0.6) is 11.5 Å². The molecule has 6 nitrogen and oxygen atoms in total. The lowest BCUT2D eigenvalue weighted by atomic mass is 10.1. The number of ether oxygens (including phenoxy) is 2. The third-order valence-electron chi connectivity index (χ3n) is 4.46. The summed E-state index contributed by atoms with van der Waals surface area (Å²) < 4.78 is 10.8. The van der Waals surface area contributed by atoms with Gasteiger partial charge in [-0.3, -0.25) is 4.99 Å². The average molecular weight is 517 g/mol. The number of hydrogen-bond donors (Lipinski definition) is 2. The summed E-state index contributed by atoms with van der Waals surface area (Å²) in [6, 6.07) is 14.1. The smallest absolute Gasteiger partial charge is 0.231 e. The van der Waals surface area contributed by atoms with E-state index in [2.05, 4.69) is 46.8 Å². The summed E-state index contributed by atoms with van der Waals surface area (Å²) in [6.45, 7) is 1.64. The summed E-state index contributed by atoms with van der Waals surface area (Å²) in [4.78, 5) is 6.48. The van der Waals surface area contributed by atoms with Crippen LogP contribution < -0.4 is 20.1 Å². The van der Waals surface area contributed by atoms with Gasteiger partial charge in [-0.2, -0.15) is 0 Å². The van der Waals surface area contributed by atoms with E-state index in [1.807, 2.05) is 30.3 Å². The van der Waals surface area contributed by atoms with Gasteiger partial charge in [-0.1, -0.05) is 29.8 Å². The molecule has 0 amide bonds. The number of nitrogens with zero attached hydrogens (tertiary/aromatic N) is 2. The normalized spacial score (nSPS) is 13.8. The van der Waals surface area contributed by atoms with Crippen LogP contribution in [0.3, 0.4) is 0 Å². The lowest BCUT2D eigenvalue weighted by Crippen LogP contribution is -2.41. The highest BCUT2D eigenvalue weighted by Gasteiger charge is 2.15. The maximum absolute atomic E-state index is 6.01. The second-order valence-corrected chi connectivity index (χ2v) is 6.96. The molecule has 2 aromatic carbocycles. The summed E-state index contributed by atoms with van der Waals surface area (Å²) in [7, 11) is 5.88. The Morgan fingerprint density at radius 3 is 2.50 bits per heavy atom. The van der Waals surface area contributed by atoms with Gasteiger partial charge in [-0.15, -0.1) is 24.0 Å². The molecule has 152 valence electrons. The van der Waals surface area contributed by atoms with Crippen LogP contribution in [0.1, 0.15) is 17.2 Å². The third kappa shape index (κ3) is 5.89. The van der Waals surface area contributed by atoms with Gasteiger partial charge >= 0.3 is 0 Å². The third-order valence-corrected chi connectivity index (χ3v) is 4.71. The SMILES string of the molecule is CN=C(NCc1ccc2c(c1)OCO2)NCC(c1ccc(Cl)cc1)N(C)C.I. The Labute approximate surface area is 188 Å². The predicted octanol–water partition coefficient (Wildman–Crippen LogP) is 3.65. The van der Waals surface area contributed by atoms with Crippen LogP contribution in [0, 0.1) is 0 Å². The highest BCUT2D eigenvalue weighted by Crippen LogP contribution is 2.32. The van der Waals surface area contributed by atoms with Crippen LogP contribution in [0.4, 0.5) is 0 Å². The number of aliphatic imine (C=N–C) groups is 1. The minimum absolute atomic E-state index is 0. The van der Waals surface area contributed by atoms with Crippen LogP contribution >= 0.6 is 35.6 Å². The molecular weight excluding hydrogens is 491 g/mol. The maximum Gasteiger partial charge on any atom is 0.231 e. The Hall–Kier alpha value is -1.71. The topological polar surface area (TPSA) is 58.1 Å². The van der Waals surface area contributed by atoms with Gasteiger partial charge in [0.1, 0.15) is 0 Å². The fourth-order valence-corrected chi connectivity index (χ4v) is 3.06. The zero-order valence-corrected chi connectivity index (χ0v) is 19.3. The monoisotopic (exact) mass is 516 g/mol. The Bertz CT molecular complexity index is 799. The molecule has 1 unspecified atom stereocenters. The minimum Gasteiger partial charge on any atom is -0.454 e. The number of benzene rings is 2. The lowest BCUT2D eigenvalue weighted by Gasteiger charge is -2.26. The highest BCUT2D eigenvalue weighted by atomic mass is 127. The first-order valence-electron chi connectivity index (χ1n) is 8.82. The van der Waals surface area contributed by atoms with Crippen molar-refractivity contribution in [2.75, 3.05) is 34.5 Å². The second kappa shape index (κ2) is 10.7. The van der Waals surface area contributed by atoms with E-state index < -0.39 is 0 Å². The molecule has 1 heterocycles. The van der Waals surface area contributed by atoms with Crippen molar-refractivity contribution in [2.24, 2.45) is 4.99 Å². The van der Waals surface area contributed by atoms with Gasteiger partial charge in [0, 0.05) is 25.2 Å². The van der Waals surface area contributed by atoms with Crippen LogP contribution in [0.15, 0.2) is 47.5 Å². The largest absolute Gasteiger partial charge is 0.454 e. The van der Waals surface area contributed by atoms with Gasteiger partial charge in [-0.25, -0.2) is 0 Å². The fraction of sp³-hybridized carbons (Fsp3) is 0.350. The number of halogens is 2. The van der Waals surface area contributed by atoms with Crippen molar-refractivity contribution in [1.82, 2.24) is 15.5 Å². The van der Waals surface area contributed by atoms with Gasteiger partial charge in [0.25, 0.3) is 0 Å². The van der Waals surface area contributed by atoms with Crippen LogP contribution in [-0.2, 0) is 6.54 Å². The number of hydrogen-bond acceptors (Lipinski definition) is 4. The van der Waals surface area contributed by atoms with Gasteiger partial charge in [0.15, 0.2) is 17.5 Å². The second-order valence-electron chi connectivity index (χ2n) is 6.53. The van der Waals surface area contributed by atoms with Gasteiger partial charge in [0.05, 0.1) is 6.04 Å². The number of nitrogens with one attached hydrogen (secondary N) is 2. The van der Waals surface area contributed by atoms with E-state index in [0.717, 1.165) is 34.6 Å². The summed E-state index contributed by atoms with van der Waals surface area (Å²) >= 11 is 6.01. The van der Waals surface area contributed by atoms with Gasteiger partial charge in [-0.05, 0) is 49.5 Å². The average Bonchev–Trinajstić information content (AvgIpc) is 3.13. The molecule has 1 aliphatic heterocycles. The van der Waals surface area contributed by atoms with Crippen molar-refractivity contribution in [3.8, 4) is 11.5 Å². The molecule has 2 aromatic rings. The molecular formula is C20H26ClIN4O2. The van der Waals surface area contributed by atoms with E-state index in [1.165, 1.54) is 5.56 Å². The molecule has 0 spiro atoms. The fourth-order valence-electron chi connectivity index (χ4n) is 2.93. The molecule has 0 bridgehead atoms. The van der Waals surface area contributed by atoms with Gasteiger partial charge in [0.2, 0.25) is 6.79 Å². The minimum atomic E-state index is 0. The molecule has 28 heavy (non-hydrogen) atoms. The zero-order chi connectivity index (χ0) is 19.2. The molecule has 1 aliphatic rings. The van der Waals surface area contributed by atoms with Crippen molar-refractivity contribution >= 4 is 41.5 Å². The highest BCUT2D eigenvalue weighted by molar-refractivity contribution is 14.0. The van der Waals surface area contributed by atoms with E-state index in [-0.39, 0.29) is 36.8 Å². The first-order valence-corrected chi connectivity index (χ1v) is 9.19. The molecule has 0 saturated heterocycles. The van der Waals surface area contributed by atoms with E-state index in [9.17, 15) is 0 Å². The summed E-state index contributed by atoms with van der Waals surface area (Å²) in [5.74, 6) is 2.32. The number of rotatable bonds is 6. The van der Waals surface area contributed by atoms with Crippen molar-refractivity contribution in [3.05, 3.63) is 58.6 Å². The standard InChI is InChI=1S/C20H25ClN4O2.HI/c1-22-20(23-11-14-4-9-18-19(10-14)27-13-26-18)24-12-17(25(2)3)15-5-7-16(21)8-6-15;/h4-10,17H,11-13H2,1-3H3,(H2,22,23,24);1H. The number of guanidine groups is 1.